The van der Waals surface area contributed by atoms with Crippen LogP contribution in [0.4, 0.5) is 5.82 Å². The van der Waals surface area contributed by atoms with Crippen LogP contribution in [0.3, 0.4) is 0 Å². The van der Waals surface area contributed by atoms with Crippen LogP contribution in [0, 0.1) is 0 Å². The smallest absolute Gasteiger partial charge is 0.133 e. The number of pyridine rings is 1. The van der Waals surface area contributed by atoms with Crippen molar-refractivity contribution in [3.8, 4) is 5.75 Å². The molecule has 0 spiro atoms. The van der Waals surface area contributed by atoms with Crippen molar-refractivity contribution in [1.29, 1.82) is 0 Å². The molecule has 0 aliphatic heterocycles. The predicted molar refractivity (Wildman–Crippen MR) is 71.2 cm³/mol. The van der Waals surface area contributed by atoms with E-state index in [1.54, 1.807) is 17.8 Å². The number of hydrogen-bond donors (Lipinski definition) is 1. The van der Waals surface area contributed by atoms with Crippen molar-refractivity contribution < 1.29 is 4.74 Å². The minimum atomic E-state index is 0.433. The van der Waals surface area contributed by atoms with Gasteiger partial charge in [-0.1, -0.05) is 18.2 Å². The Kier molecular flexibility index (Phi) is 3.88. The summed E-state index contributed by atoms with van der Waals surface area (Å²) in [5.74, 6) is 1.40. The van der Waals surface area contributed by atoms with Gasteiger partial charge in [0.05, 0.1) is 5.69 Å². The quantitative estimate of drug-likeness (QED) is 0.843. The molecule has 2 aromatic rings. The van der Waals surface area contributed by atoms with Gasteiger partial charge in [0.2, 0.25) is 0 Å². The first-order valence-corrected chi connectivity index (χ1v) is 6.49. The lowest BCUT2D eigenvalue weighted by molar-refractivity contribution is 0.294. The summed E-state index contributed by atoms with van der Waals surface area (Å²) in [4.78, 5) is 5.31. The van der Waals surface area contributed by atoms with Crippen molar-refractivity contribution in [2.24, 2.45) is 0 Å². The van der Waals surface area contributed by atoms with E-state index in [9.17, 15) is 0 Å². The van der Waals surface area contributed by atoms with Gasteiger partial charge in [-0.15, -0.1) is 11.8 Å². The Morgan fingerprint density at radius 1 is 1.18 bits per heavy atom. The van der Waals surface area contributed by atoms with Crippen LogP contribution < -0.4 is 10.5 Å². The lowest BCUT2D eigenvalue weighted by Gasteiger charge is -2.09. The maximum atomic E-state index is 5.73. The summed E-state index contributed by atoms with van der Waals surface area (Å²) in [6.45, 7) is 0.433. The van der Waals surface area contributed by atoms with E-state index in [-0.39, 0.29) is 0 Å². The number of ether oxygens (including phenoxy) is 1. The molecular formula is C13H14N2OS. The standard InChI is InChI=1S/C13H14N2OS/c1-17-12-7-3-2-6-11(12)16-9-10-5-4-8-13(14)15-10/h2-8H,9H2,1H3,(H2,14,15). The summed E-state index contributed by atoms with van der Waals surface area (Å²) in [7, 11) is 0. The van der Waals surface area contributed by atoms with Gasteiger partial charge in [-0.3, -0.25) is 0 Å². The number of anilines is 1. The van der Waals surface area contributed by atoms with Crippen LogP contribution in [0.2, 0.25) is 0 Å². The average molecular weight is 246 g/mol. The second-order valence-corrected chi connectivity index (χ2v) is 4.34. The van der Waals surface area contributed by atoms with Crippen LogP contribution >= 0.6 is 11.8 Å². The normalized spacial score (nSPS) is 10.2. The van der Waals surface area contributed by atoms with Crippen LogP contribution in [0.15, 0.2) is 47.4 Å². The minimum absolute atomic E-state index is 0.433. The fourth-order valence-electron chi connectivity index (χ4n) is 1.47. The molecule has 0 amide bonds. The number of rotatable bonds is 4. The Labute approximate surface area is 105 Å². The zero-order valence-corrected chi connectivity index (χ0v) is 10.4. The lowest BCUT2D eigenvalue weighted by Crippen LogP contribution is -2.01. The molecule has 0 aliphatic rings. The topological polar surface area (TPSA) is 48.1 Å². The van der Waals surface area contributed by atoms with Crippen molar-refractivity contribution in [1.82, 2.24) is 4.98 Å². The maximum absolute atomic E-state index is 5.73. The number of benzene rings is 1. The molecule has 88 valence electrons. The third-order valence-corrected chi connectivity index (χ3v) is 3.05. The van der Waals surface area contributed by atoms with Gasteiger partial charge >= 0.3 is 0 Å². The molecule has 0 saturated heterocycles. The van der Waals surface area contributed by atoms with Gasteiger partial charge in [0.15, 0.2) is 0 Å². The number of para-hydroxylation sites is 1. The molecule has 4 heteroatoms. The van der Waals surface area contributed by atoms with Crippen LogP contribution in [0.5, 0.6) is 5.75 Å². The Morgan fingerprint density at radius 3 is 2.76 bits per heavy atom. The summed E-state index contributed by atoms with van der Waals surface area (Å²) in [5, 5.41) is 0. The number of thioether (sulfide) groups is 1. The van der Waals surface area contributed by atoms with Crippen molar-refractivity contribution in [3.05, 3.63) is 48.2 Å². The Hall–Kier alpha value is -1.68. The predicted octanol–water partition coefficient (Wildman–Crippen LogP) is 2.96. The van der Waals surface area contributed by atoms with E-state index < -0.39 is 0 Å². The lowest BCUT2D eigenvalue weighted by atomic mass is 10.3. The highest BCUT2D eigenvalue weighted by molar-refractivity contribution is 7.98. The Balaban J connectivity index is 2.07. The monoisotopic (exact) mass is 246 g/mol. The molecule has 1 aromatic carbocycles. The SMILES string of the molecule is CSc1ccccc1OCc1cccc(N)n1. The second kappa shape index (κ2) is 5.59. The summed E-state index contributed by atoms with van der Waals surface area (Å²) >= 11 is 1.66. The van der Waals surface area contributed by atoms with Gasteiger partial charge in [-0.2, -0.15) is 0 Å². The third kappa shape index (κ3) is 3.14. The highest BCUT2D eigenvalue weighted by Crippen LogP contribution is 2.27. The molecule has 1 aromatic heterocycles. The van der Waals surface area contributed by atoms with E-state index in [4.69, 9.17) is 10.5 Å². The van der Waals surface area contributed by atoms with Gasteiger partial charge in [-0.05, 0) is 30.5 Å². The Morgan fingerprint density at radius 2 is 2.00 bits per heavy atom. The van der Waals surface area contributed by atoms with E-state index in [2.05, 4.69) is 4.98 Å². The molecule has 0 atom stereocenters. The van der Waals surface area contributed by atoms with E-state index in [1.165, 1.54) is 0 Å². The van der Waals surface area contributed by atoms with Crippen molar-refractivity contribution >= 4 is 17.6 Å². The number of nitrogen functional groups attached to an aromatic ring is 1. The largest absolute Gasteiger partial charge is 0.486 e. The van der Waals surface area contributed by atoms with Gasteiger partial charge in [0.25, 0.3) is 0 Å². The zero-order valence-electron chi connectivity index (χ0n) is 9.59. The highest BCUT2D eigenvalue weighted by Gasteiger charge is 2.02. The molecule has 0 unspecified atom stereocenters. The summed E-state index contributed by atoms with van der Waals surface area (Å²) in [6.07, 6.45) is 2.03. The molecule has 1 heterocycles. The fraction of sp³-hybridized carbons (Fsp3) is 0.154. The van der Waals surface area contributed by atoms with E-state index in [0.717, 1.165) is 16.3 Å². The molecule has 3 nitrogen and oxygen atoms in total. The Bertz CT molecular complexity index is 502. The molecular weight excluding hydrogens is 232 g/mol. The van der Waals surface area contributed by atoms with Gasteiger partial charge in [-0.25, -0.2) is 4.98 Å². The van der Waals surface area contributed by atoms with Gasteiger partial charge < -0.3 is 10.5 Å². The first-order valence-electron chi connectivity index (χ1n) is 5.27. The van der Waals surface area contributed by atoms with Crippen LogP contribution in [-0.4, -0.2) is 11.2 Å². The first kappa shape index (κ1) is 11.8. The van der Waals surface area contributed by atoms with Gasteiger partial charge in [0.1, 0.15) is 18.2 Å². The van der Waals surface area contributed by atoms with Crippen molar-refractivity contribution in [2.45, 2.75) is 11.5 Å². The number of hydrogen-bond acceptors (Lipinski definition) is 4. The molecule has 0 bridgehead atoms. The molecule has 0 aliphatic carbocycles. The molecule has 2 N–H and O–H groups in total. The van der Waals surface area contributed by atoms with E-state index in [1.807, 2.05) is 42.7 Å². The third-order valence-electron chi connectivity index (χ3n) is 2.27. The number of aromatic nitrogens is 1. The highest BCUT2D eigenvalue weighted by atomic mass is 32.2. The minimum Gasteiger partial charge on any atom is -0.486 e. The summed E-state index contributed by atoms with van der Waals surface area (Å²) in [5.41, 5.74) is 6.45. The van der Waals surface area contributed by atoms with Crippen LogP contribution in [0.25, 0.3) is 0 Å². The van der Waals surface area contributed by atoms with Crippen molar-refractivity contribution in [3.63, 3.8) is 0 Å². The zero-order chi connectivity index (χ0) is 12.1. The summed E-state index contributed by atoms with van der Waals surface area (Å²) in [6, 6.07) is 13.5. The first-order chi connectivity index (χ1) is 8.29. The van der Waals surface area contributed by atoms with Crippen molar-refractivity contribution in [2.75, 3.05) is 12.0 Å². The fourth-order valence-corrected chi connectivity index (χ4v) is 2.01. The number of nitrogens with zero attached hydrogens (tertiary/aromatic N) is 1. The molecule has 0 fully saturated rings. The molecule has 17 heavy (non-hydrogen) atoms. The van der Waals surface area contributed by atoms with Crippen LogP contribution in [0.1, 0.15) is 5.69 Å². The number of nitrogens with two attached hydrogens (primary N) is 1. The second-order valence-electron chi connectivity index (χ2n) is 3.49. The van der Waals surface area contributed by atoms with Gasteiger partial charge in [0, 0.05) is 4.90 Å². The van der Waals surface area contributed by atoms with Crippen LogP contribution in [-0.2, 0) is 6.61 Å². The molecule has 0 saturated carbocycles. The van der Waals surface area contributed by atoms with E-state index >= 15 is 0 Å². The summed E-state index contributed by atoms with van der Waals surface area (Å²) < 4.78 is 5.73. The molecule has 0 radical (unpaired) electrons. The van der Waals surface area contributed by atoms with E-state index in [0.29, 0.717) is 12.4 Å². The maximum Gasteiger partial charge on any atom is 0.133 e. The average Bonchev–Trinajstić information content (AvgIpc) is 2.37. The molecule has 2 rings (SSSR count).